The van der Waals surface area contributed by atoms with Gasteiger partial charge in [0.05, 0.1) is 5.56 Å². The summed E-state index contributed by atoms with van der Waals surface area (Å²) in [6, 6.07) is 5.14. The number of hydrogen-bond donors (Lipinski definition) is 2. The molecule has 0 saturated heterocycles. The Morgan fingerprint density at radius 1 is 1.58 bits per heavy atom. The van der Waals surface area contributed by atoms with Crippen molar-refractivity contribution in [2.24, 2.45) is 5.73 Å². The first-order chi connectivity index (χ1) is 5.66. The molecule has 1 rings (SSSR count). The fourth-order valence-electron chi connectivity index (χ4n) is 1.17. The van der Waals surface area contributed by atoms with Crippen LogP contribution in [0.3, 0.4) is 0 Å². The largest absolute Gasteiger partial charge is 0.478 e. The molecule has 0 aliphatic heterocycles. The van der Waals surface area contributed by atoms with Crippen molar-refractivity contribution in [2.75, 3.05) is 0 Å². The minimum Gasteiger partial charge on any atom is -0.478 e. The van der Waals surface area contributed by atoms with Gasteiger partial charge in [0, 0.05) is 6.54 Å². The zero-order chi connectivity index (χ0) is 9.14. The smallest absolute Gasteiger partial charge is 0.336 e. The first-order valence-corrected chi connectivity index (χ1v) is 3.68. The second-order valence-electron chi connectivity index (χ2n) is 2.61. The van der Waals surface area contributed by atoms with Crippen molar-refractivity contribution in [3.63, 3.8) is 0 Å². The summed E-state index contributed by atoms with van der Waals surface area (Å²) in [4.78, 5) is 10.7. The molecule has 0 unspecified atom stereocenters. The van der Waals surface area contributed by atoms with Crippen LogP contribution in [0.4, 0.5) is 0 Å². The van der Waals surface area contributed by atoms with Crippen LogP contribution in [0.15, 0.2) is 18.2 Å². The first kappa shape index (κ1) is 8.74. The number of hydrogen-bond acceptors (Lipinski definition) is 2. The van der Waals surface area contributed by atoms with Gasteiger partial charge in [0.25, 0.3) is 0 Å². The third kappa shape index (κ3) is 1.46. The molecule has 0 fully saturated rings. The highest BCUT2D eigenvalue weighted by Crippen LogP contribution is 2.12. The number of nitrogens with two attached hydrogens (primary N) is 1. The Kier molecular flexibility index (Phi) is 2.45. The normalized spacial score (nSPS) is 9.83. The van der Waals surface area contributed by atoms with E-state index in [1.54, 1.807) is 12.1 Å². The molecule has 0 aliphatic rings. The Labute approximate surface area is 70.8 Å². The lowest BCUT2D eigenvalue weighted by molar-refractivity contribution is 0.0695. The maximum absolute atomic E-state index is 10.7. The van der Waals surface area contributed by atoms with E-state index in [-0.39, 0.29) is 6.54 Å². The van der Waals surface area contributed by atoms with Crippen molar-refractivity contribution >= 4 is 5.97 Å². The zero-order valence-corrected chi connectivity index (χ0v) is 6.87. The number of benzene rings is 1. The average molecular weight is 165 g/mol. The van der Waals surface area contributed by atoms with Gasteiger partial charge in [-0.2, -0.15) is 0 Å². The summed E-state index contributed by atoms with van der Waals surface area (Å²) in [6.45, 7) is 2.13. The van der Waals surface area contributed by atoms with Crippen molar-refractivity contribution in [2.45, 2.75) is 13.5 Å². The molecule has 3 heteroatoms. The Balaban J connectivity index is 3.27. The molecular weight excluding hydrogens is 154 g/mol. The van der Waals surface area contributed by atoms with Crippen molar-refractivity contribution in [1.82, 2.24) is 0 Å². The highest BCUT2D eigenvalue weighted by atomic mass is 16.4. The highest BCUT2D eigenvalue weighted by molar-refractivity contribution is 5.89. The van der Waals surface area contributed by atoms with Gasteiger partial charge in [0.15, 0.2) is 0 Å². The quantitative estimate of drug-likeness (QED) is 0.691. The third-order valence-electron chi connectivity index (χ3n) is 1.84. The van der Waals surface area contributed by atoms with E-state index in [1.165, 1.54) is 0 Å². The van der Waals surface area contributed by atoms with Gasteiger partial charge < -0.3 is 10.8 Å². The highest BCUT2D eigenvalue weighted by Gasteiger charge is 2.09. The number of carbonyl (C=O) groups is 1. The maximum Gasteiger partial charge on any atom is 0.336 e. The monoisotopic (exact) mass is 165 g/mol. The van der Waals surface area contributed by atoms with Crippen LogP contribution in [0.5, 0.6) is 0 Å². The van der Waals surface area contributed by atoms with Crippen molar-refractivity contribution in [1.29, 1.82) is 0 Å². The van der Waals surface area contributed by atoms with Crippen LogP contribution in [0.2, 0.25) is 0 Å². The van der Waals surface area contributed by atoms with Crippen LogP contribution < -0.4 is 5.73 Å². The van der Waals surface area contributed by atoms with E-state index in [2.05, 4.69) is 0 Å². The topological polar surface area (TPSA) is 63.3 Å². The van der Waals surface area contributed by atoms with Crippen molar-refractivity contribution in [3.8, 4) is 0 Å². The van der Waals surface area contributed by atoms with Crippen LogP contribution >= 0.6 is 0 Å². The summed E-state index contributed by atoms with van der Waals surface area (Å²) in [5.74, 6) is -0.917. The fourth-order valence-corrected chi connectivity index (χ4v) is 1.17. The second kappa shape index (κ2) is 3.36. The number of aryl methyl sites for hydroxylation is 1. The molecule has 0 heterocycles. The molecular formula is C9H11NO2. The molecule has 0 spiro atoms. The van der Waals surface area contributed by atoms with E-state index >= 15 is 0 Å². The molecule has 0 saturated carbocycles. The molecule has 0 aliphatic carbocycles. The molecule has 0 radical (unpaired) electrons. The van der Waals surface area contributed by atoms with Crippen molar-refractivity contribution < 1.29 is 9.90 Å². The fraction of sp³-hybridized carbons (Fsp3) is 0.222. The Bertz CT molecular complexity index is 307. The van der Waals surface area contributed by atoms with Crippen LogP contribution in [-0.4, -0.2) is 11.1 Å². The molecule has 64 valence electrons. The number of carboxylic acid groups (broad SMARTS) is 1. The van der Waals surface area contributed by atoms with Gasteiger partial charge in [-0.1, -0.05) is 12.1 Å². The molecule has 1 aromatic rings. The molecule has 3 N–H and O–H groups in total. The SMILES string of the molecule is Cc1cccc(C(=O)O)c1CN. The lowest BCUT2D eigenvalue weighted by atomic mass is 10.0. The van der Waals surface area contributed by atoms with Gasteiger partial charge in [-0.05, 0) is 24.1 Å². The summed E-state index contributed by atoms with van der Waals surface area (Å²) in [7, 11) is 0. The Morgan fingerprint density at radius 3 is 2.67 bits per heavy atom. The van der Waals surface area contributed by atoms with E-state index in [9.17, 15) is 4.79 Å². The molecule has 0 bridgehead atoms. The van der Waals surface area contributed by atoms with Gasteiger partial charge in [-0.3, -0.25) is 0 Å². The van der Waals surface area contributed by atoms with E-state index in [0.29, 0.717) is 11.1 Å². The second-order valence-corrected chi connectivity index (χ2v) is 2.61. The first-order valence-electron chi connectivity index (χ1n) is 3.68. The molecule has 0 aromatic heterocycles. The minimum atomic E-state index is -0.917. The van der Waals surface area contributed by atoms with Crippen LogP contribution in [0, 0.1) is 6.92 Å². The number of rotatable bonds is 2. The van der Waals surface area contributed by atoms with E-state index in [1.807, 2.05) is 13.0 Å². The van der Waals surface area contributed by atoms with Crippen LogP contribution in [-0.2, 0) is 6.54 Å². The molecule has 12 heavy (non-hydrogen) atoms. The standard InChI is InChI=1S/C9H11NO2/c1-6-3-2-4-7(9(11)12)8(6)5-10/h2-4H,5,10H2,1H3,(H,11,12). The summed E-state index contributed by atoms with van der Waals surface area (Å²) >= 11 is 0. The molecule has 1 aromatic carbocycles. The van der Waals surface area contributed by atoms with Gasteiger partial charge in [-0.25, -0.2) is 4.79 Å². The summed E-state index contributed by atoms with van der Waals surface area (Å²) in [6.07, 6.45) is 0. The number of carboxylic acids is 1. The summed E-state index contributed by atoms with van der Waals surface area (Å²) in [5.41, 5.74) is 7.37. The maximum atomic E-state index is 10.7. The Morgan fingerprint density at radius 2 is 2.25 bits per heavy atom. The van der Waals surface area contributed by atoms with Crippen LogP contribution in [0.25, 0.3) is 0 Å². The zero-order valence-electron chi connectivity index (χ0n) is 6.87. The minimum absolute atomic E-state index is 0.272. The Hall–Kier alpha value is -1.35. The predicted octanol–water partition coefficient (Wildman–Crippen LogP) is 1.15. The summed E-state index contributed by atoms with van der Waals surface area (Å²) < 4.78 is 0. The molecule has 0 atom stereocenters. The van der Waals surface area contributed by atoms with Gasteiger partial charge >= 0.3 is 5.97 Å². The number of aromatic carboxylic acids is 1. The lowest BCUT2D eigenvalue weighted by Gasteiger charge is -2.05. The lowest BCUT2D eigenvalue weighted by Crippen LogP contribution is -2.08. The van der Waals surface area contributed by atoms with E-state index in [0.717, 1.165) is 5.56 Å². The van der Waals surface area contributed by atoms with Gasteiger partial charge in [-0.15, -0.1) is 0 Å². The third-order valence-corrected chi connectivity index (χ3v) is 1.84. The van der Waals surface area contributed by atoms with Gasteiger partial charge in [0.2, 0.25) is 0 Å². The van der Waals surface area contributed by atoms with Crippen LogP contribution in [0.1, 0.15) is 21.5 Å². The van der Waals surface area contributed by atoms with Gasteiger partial charge in [0.1, 0.15) is 0 Å². The predicted molar refractivity (Wildman–Crippen MR) is 46.0 cm³/mol. The molecule has 3 nitrogen and oxygen atoms in total. The van der Waals surface area contributed by atoms with E-state index < -0.39 is 5.97 Å². The van der Waals surface area contributed by atoms with Crippen molar-refractivity contribution in [3.05, 3.63) is 34.9 Å². The van der Waals surface area contributed by atoms with E-state index in [4.69, 9.17) is 10.8 Å². The summed E-state index contributed by atoms with van der Waals surface area (Å²) in [5, 5.41) is 8.77. The molecule has 0 amide bonds. The average Bonchev–Trinajstić information content (AvgIpc) is 2.03.